The van der Waals surface area contributed by atoms with Gasteiger partial charge >= 0.3 is 5.97 Å². The zero-order valence-electron chi connectivity index (χ0n) is 10.8. The van der Waals surface area contributed by atoms with E-state index in [1.54, 1.807) is 24.3 Å². The van der Waals surface area contributed by atoms with E-state index in [2.05, 4.69) is 0 Å². The Morgan fingerprint density at radius 3 is 2.60 bits per heavy atom. The second kappa shape index (κ2) is 6.06. The molecule has 0 fully saturated rings. The third-order valence-electron chi connectivity index (χ3n) is 2.53. The highest BCUT2D eigenvalue weighted by Crippen LogP contribution is 2.30. The quantitative estimate of drug-likeness (QED) is 0.904. The van der Waals surface area contributed by atoms with Crippen LogP contribution in [0.5, 0.6) is 17.2 Å². The first kappa shape index (κ1) is 13.9. The Morgan fingerprint density at radius 1 is 1.20 bits per heavy atom. The van der Waals surface area contributed by atoms with E-state index in [-0.39, 0.29) is 11.3 Å². The van der Waals surface area contributed by atoms with Gasteiger partial charge in [-0.2, -0.15) is 0 Å². The average molecular weight is 276 g/mol. The second-order valence-corrected chi connectivity index (χ2v) is 3.93. The molecule has 5 heteroatoms. The average Bonchev–Trinajstić information content (AvgIpc) is 2.41. The van der Waals surface area contributed by atoms with E-state index in [1.165, 1.54) is 12.1 Å². The standard InChI is InChI=1S/C15H13FO4/c1-2-19-10-5-3-6-11(9-10)20-14-12(15(17)18)7-4-8-13(14)16/h3-9H,2H2,1H3,(H,17,18). The van der Waals surface area contributed by atoms with E-state index in [0.717, 1.165) is 6.07 Å². The zero-order valence-corrected chi connectivity index (χ0v) is 10.8. The molecule has 1 N–H and O–H groups in total. The first-order valence-corrected chi connectivity index (χ1v) is 6.04. The van der Waals surface area contributed by atoms with Gasteiger partial charge in [0.2, 0.25) is 0 Å². The van der Waals surface area contributed by atoms with Gasteiger partial charge in [-0.1, -0.05) is 12.1 Å². The molecular formula is C15H13FO4. The fourth-order valence-corrected chi connectivity index (χ4v) is 1.69. The summed E-state index contributed by atoms with van der Waals surface area (Å²) < 4.78 is 24.4. The summed E-state index contributed by atoms with van der Waals surface area (Å²) in [5, 5.41) is 9.04. The number of para-hydroxylation sites is 1. The van der Waals surface area contributed by atoms with E-state index in [1.807, 2.05) is 6.92 Å². The molecule has 0 radical (unpaired) electrons. The van der Waals surface area contributed by atoms with Crippen LogP contribution in [0.1, 0.15) is 17.3 Å². The lowest BCUT2D eigenvalue weighted by atomic mass is 10.2. The molecule has 20 heavy (non-hydrogen) atoms. The Morgan fingerprint density at radius 2 is 1.90 bits per heavy atom. The normalized spacial score (nSPS) is 10.1. The molecule has 0 unspecified atom stereocenters. The van der Waals surface area contributed by atoms with Crippen LogP contribution in [0.3, 0.4) is 0 Å². The Balaban J connectivity index is 2.34. The second-order valence-electron chi connectivity index (χ2n) is 3.93. The van der Waals surface area contributed by atoms with Crippen LogP contribution in [0.4, 0.5) is 4.39 Å². The number of aromatic carboxylic acids is 1. The van der Waals surface area contributed by atoms with Crippen LogP contribution < -0.4 is 9.47 Å². The third kappa shape index (κ3) is 3.06. The fraction of sp³-hybridized carbons (Fsp3) is 0.133. The number of hydrogen-bond donors (Lipinski definition) is 1. The number of carboxylic acid groups (broad SMARTS) is 1. The van der Waals surface area contributed by atoms with Crippen molar-refractivity contribution in [1.82, 2.24) is 0 Å². The summed E-state index contributed by atoms with van der Waals surface area (Å²) in [5.74, 6) is -1.41. The smallest absolute Gasteiger partial charge is 0.339 e. The lowest BCUT2D eigenvalue weighted by Crippen LogP contribution is -2.02. The number of carbonyl (C=O) groups is 1. The van der Waals surface area contributed by atoms with Crippen LogP contribution in [0, 0.1) is 5.82 Å². The summed E-state index contributed by atoms with van der Waals surface area (Å²) in [7, 11) is 0. The molecule has 0 saturated heterocycles. The van der Waals surface area contributed by atoms with Gasteiger partial charge in [0, 0.05) is 6.07 Å². The minimum atomic E-state index is -1.25. The van der Waals surface area contributed by atoms with Gasteiger partial charge in [0.25, 0.3) is 0 Å². The van der Waals surface area contributed by atoms with Gasteiger partial charge in [0.05, 0.1) is 6.61 Å². The van der Waals surface area contributed by atoms with Crippen molar-refractivity contribution in [2.75, 3.05) is 6.61 Å². The van der Waals surface area contributed by atoms with Crippen molar-refractivity contribution < 1.29 is 23.8 Å². The summed E-state index contributed by atoms with van der Waals surface area (Å²) in [5.41, 5.74) is -0.230. The summed E-state index contributed by atoms with van der Waals surface area (Å²) in [6.45, 7) is 2.33. The van der Waals surface area contributed by atoms with Crippen LogP contribution >= 0.6 is 0 Å². The van der Waals surface area contributed by atoms with Gasteiger partial charge in [-0.25, -0.2) is 9.18 Å². The Labute approximate surface area is 115 Å². The molecule has 0 aliphatic heterocycles. The van der Waals surface area contributed by atoms with Crippen molar-refractivity contribution in [3.63, 3.8) is 0 Å². The molecule has 0 amide bonds. The molecule has 2 aromatic carbocycles. The first-order valence-electron chi connectivity index (χ1n) is 6.04. The van der Waals surface area contributed by atoms with Gasteiger partial charge in [0.15, 0.2) is 11.6 Å². The lowest BCUT2D eigenvalue weighted by molar-refractivity contribution is 0.0693. The van der Waals surface area contributed by atoms with E-state index in [0.29, 0.717) is 18.1 Å². The summed E-state index contributed by atoms with van der Waals surface area (Å²) in [6, 6.07) is 10.3. The highest BCUT2D eigenvalue weighted by molar-refractivity contribution is 5.91. The van der Waals surface area contributed by atoms with Crippen molar-refractivity contribution in [1.29, 1.82) is 0 Å². The number of halogens is 1. The van der Waals surface area contributed by atoms with Gasteiger partial charge in [-0.05, 0) is 31.2 Å². The maximum atomic E-state index is 13.7. The van der Waals surface area contributed by atoms with Crippen LogP contribution in [0.2, 0.25) is 0 Å². The highest BCUT2D eigenvalue weighted by atomic mass is 19.1. The van der Waals surface area contributed by atoms with Crippen LogP contribution in [0.25, 0.3) is 0 Å². The molecule has 4 nitrogen and oxygen atoms in total. The van der Waals surface area contributed by atoms with E-state index in [9.17, 15) is 9.18 Å². The monoisotopic (exact) mass is 276 g/mol. The molecule has 2 aromatic rings. The zero-order chi connectivity index (χ0) is 14.5. The predicted molar refractivity (Wildman–Crippen MR) is 71.0 cm³/mol. The van der Waals surface area contributed by atoms with E-state index in [4.69, 9.17) is 14.6 Å². The van der Waals surface area contributed by atoms with Gasteiger partial charge in [-0.3, -0.25) is 0 Å². The van der Waals surface area contributed by atoms with Crippen LogP contribution in [0.15, 0.2) is 42.5 Å². The van der Waals surface area contributed by atoms with E-state index < -0.39 is 11.8 Å². The molecule has 0 spiro atoms. The molecule has 0 bridgehead atoms. The van der Waals surface area contributed by atoms with Crippen LogP contribution in [-0.2, 0) is 0 Å². The number of rotatable bonds is 5. The van der Waals surface area contributed by atoms with E-state index >= 15 is 0 Å². The van der Waals surface area contributed by atoms with Crippen molar-refractivity contribution in [3.05, 3.63) is 53.8 Å². The van der Waals surface area contributed by atoms with Gasteiger partial charge in [-0.15, -0.1) is 0 Å². The van der Waals surface area contributed by atoms with Crippen molar-refractivity contribution in [2.24, 2.45) is 0 Å². The molecule has 104 valence electrons. The fourth-order valence-electron chi connectivity index (χ4n) is 1.69. The molecule has 0 aromatic heterocycles. The van der Waals surface area contributed by atoms with Crippen molar-refractivity contribution in [3.8, 4) is 17.2 Å². The topological polar surface area (TPSA) is 55.8 Å². The largest absolute Gasteiger partial charge is 0.494 e. The number of hydrogen-bond acceptors (Lipinski definition) is 3. The molecule has 0 atom stereocenters. The van der Waals surface area contributed by atoms with Crippen molar-refractivity contribution >= 4 is 5.97 Å². The maximum Gasteiger partial charge on any atom is 0.339 e. The molecule has 0 saturated carbocycles. The molecule has 0 aliphatic carbocycles. The third-order valence-corrected chi connectivity index (χ3v) is 2.53. The number of benzene rings is 2. The Bertz CT molecular complexity index is 625. The van der Waals surface area contributed by atoms with Gasteiger partial charge < -0.3 is 14.6 Å². The van der Waals surface area contributed by atoms with Gasteiger partial charge in [0.1, 0.15) is 17.1 Å². The Kier molecular flexibility index (Phi) is 4.20. The molecule has 0 heterocycles. The highest BCUT2D eigenvalue weighted by Gasteiger charge is 2.16. The summed E-state index contributed by atoms with van der Waals surface area (Å²) in [6.07, 6.45) is 0. The summed E-state index contributed by atoms with van der Waals surface area (Å²) in [4.78, 5) is 11.1. The lowest BCUT2D eigenvalue weighted by Gasteiger charge is -2.11. The minimum Gasteiger partial charge on any atom is -0.494 e. The van der Waals surface area contributed by atoms with Crippen LogP contribution in [-0.4, -0.2) is 17.7 Å². The molecule has 0 aliphatic rings. The Hall–Kier alpha value is -2.56. The number of carboxylic acids is 1. The summed E-state index contributed by atoms with van der Waals surface area (Å²) >= 11 is 0. The SMILES string of the molecule is CCOc1cccc(Oc2c(F)cccc2C(=O)O)c1. The predicted octanol–water partition coefficient (Wildman–Crippen LogP) is 3.71. The minimum absolute atomic E-state index is 0.230. The first-order chi connectivity index (χ1) is 9.61. The molecule has 2 rings (SSSR count). The number of ether oxygens (including phenoxy) is 2. The molecular weight excluding hydrogens is 263 g/mol. The maximum absolute atomic E-state index is 13.7. The van der Waals surface area contributed by atoms with Crippen molar-refractivity contribution in [2.45, 2.75) is 6.92 Å².